The maximum absolute atomic E-state index is 5.77. The number of ether oxygens (including phenoxy) is 2. The van der Waals surface area contributed by atoms with Crippen LogP contribution in [0.1, 0.15) is 50.2 Å². The van der Waals surface area contributed by atoms with Crippen LogP contribution in [0, 0.1) is 0 Å². The molecule has 0 unspecified atom stereocenters. The molecular formula is C26H34N2O2. The zero-order chi connectivity index (χ0) is 20.9. The highest BCUT2D eigenvalue weighted by Crippen LogP contribution is 2.39. The number of methoxy groups -OCH3 is 1. The van der Waals surface area contributed by atoms with Gasteiger partial charge in [-0.15, -0.1) is 0 Å². The molecule has 0 atom stereocenters. The first-order chi connectivity index (χ1) is 14.7. The van der Waals surface area contributed by atoms with Crippen molar-refractivity contribution in [2.24, 2.45) is 7.05 Å². The molecule has 0 aliphatic heterocycles. The predicted molar refractivity (Wildman–Crippen MR) is 125 cm³/mol. The summed E-state index contributed by atoms with van der Waals surface area (Å²) in [4.78, 5) is 0. The molecule has 4 nitrogen and oxygen atoms in total. The fourth-order valence-corrected chi connectivity index (χ4v) is 4.86. The van der Waals surface area contributed by atoms with Gasteiger partial charge in [0.15, 0.2) is 0 Å². The Morgan fingerprint density at radius 3 is 2.50 bits per heavy atom. The first-order valence-corrected chi connectivity index (χ1v) is 11.3. The van der Waals surface area contributed by atoms with Crippen molar-refractivity contribution in [3.05, 3.63) is 53.6 Å². The predicted octanol–water partition coefficient (Wildman–Crippen LogP) is 6.27. The van der Waals surface area contributed by atoms with E-state index < -0.39 is 0 Å². The number of fused-ring (bicyclic) bond motifs is 1. The first-order valence-electron chi connectivity index (χ1n) is 11.3. The quantitative estimate of drug-likeness (QED) is 0.479. The number of rotatable bonds is 8. The third-order valence-electron chi connectivity index (χ3n) is 6.23. The van der Waals surface area contributed by atoms with Crippen LogP contribution in [0.5, 0.6) is 0 Å². The molecule has 4 heteroatoms. The van der Waals surface area contributed by atoms with Crippen molar-refractivity contribution in [1.82, 2.24) is 4.57 Å². The molecule has 4 rings (SSSR count). The number of aryl methyl sites for hydroxylation is 1. The molecule has 0 bridgehead atoms. The molecule has 1 fully saturated rings. The van der Waals surface area contributed by atoms with E-state index in [1.54, 1.807) is 7.11 Å². The maximum Gasteiger partial charge on any atom is 0.0740 e. The summed E-state index contributed by atoms with van der Waals surface area (Å²) in [6.45, 7) is 3.99. The van der Waals surface area contributed by atoms with Crippen molar-refractivity contribution in [2.45, 2.75) is 58.3 Å². The van der Waals surface area contributed by atoms with Gasteiger partial charge in [0.25, 0.3) is 0 Å². The summed E-state index contributed by atoms with van der Waals surface area (Å²) in [5, 5.41) is 5.16. The van der Waals surface area contributed by atoms with Crippen LogP contribution in [0.25, 0.3) is 22.2 Å². The lowest BCUT2D eigenvalue weighted by molar-refractivity contribution is 0.134. The van der Waals surface area contributed by atoms with E-state index in [4.69, 9.17) is 9.47 Å². The van der Waals surface area contributed by atoms with Gasteiger partial charge in [0.2, 0.25) is 0 Å². The van der Waals surface area contributed by atoms with Crippen LogP contribution >= 0.6 is 0 Å². The zero-order valence-electron chi connectivity index (χ0n) is 18.5. The molecule has 1 N–H and O–H groups in total. The van der Waals surface area contributed by atoms with Gasteiger partial charge in [-0.1, -0.05) is 49.6 Å². The van der Waals surface area contributed by atoms with E-state index in [-0.39, 0.29) is 0 Å². The lowest BCUT2D eigenvalue weighted by Gasteiger charge is -2.25. The molecule has 1 aliphatic carbocycles. The minimum absolute atomic E-state index is 0.547. The van der Waals surface area contributed by atoms with Crippen molar-refractivity contribution in [1.29, 1.82) is 0 Å². The largest absolute Gasteiger partial charge is 0.381 e. The average Bonchev–Trinajstić information content (AvgIpc) is 3.05. The van der Waals surface area contributed by atoms with E-state index in [0.717, 1.165) is 6.61 Å². The van der Waals surface area contributed by atoms with Crippen LogP contribution in [0.3, 0.4) is 0 Å². The fraction of sp³-hybridized carbons (Fsp3) is 0.462. The monoisotopic (exact) mass is 406 g/mol. The Kier molecular flexibility index (Phi) is 6.76. The third kappa shape index (κ3) is 4.26. The molecule has 2 aromatic carbocycles. The Balaban J connectivity index is 1.89. The topological polar surface area (TPSA) is 35.4 Å². The molecular weight excluding hydrogens is 372 g/mol. The van der Waals surface area contributed by atoms with Gasteiger partial charge in [0.1, 0.15) is 0 Å². The highest BCUT2D eigenvalue weighted by Gasteiger charge is 2.22. The Bertz CT molecular complexity index is 972. The summed E-state index contributed by atoms with van der Waals surface area (Å²) in [5.41, 5.74) is 7.38. The minimum atomic E-state index is 0.547. The van der Waals surface area contributed by atoms with Gasteiger partial charge in [-0.25, -0.2) is 0 Å². The van der Waals surface area contributed by atoms with Crippen molar-refractivity contribution < 1.29 is 9.47 Å². The van der Waals surface area contributed by atoms with Crippen molar-refractivity contribution in [2.75, 3.05) is 19.0 Å². The van der Waals surface area contributed by atoms with E-state index in [0.29, 0.717) is 19.3 Å². The van der Waals surface area contributed by atoms with Crippen LogP contribution in [0.4, 0.5) is 5.69 Å². The maximum atomic E-state index is 5.77. The molecule has 160 valence electrons. The molecule has 3 aromatic rings. The van der Waals surface area contributed by atoms with Gasteiger partial charge in [0, 0.05) is 37.8 Å². The number of anilines is 1. The number of aromatic nitrogens is 1. The SMILES string of the molecule is CCOCc1cc(NC2CCCCC2)c2c(c1)c(COC)c(-c1ccccc1)n2C. The van der Waals surface area contributed by atoms with Crippen molar-refractivity contribution >= 4 is 16.6 Å². The molecule has 1 heterocycles. The second-order valence-electron chi connectivity index (χ2n) is 8.34. The van der Waals surface area contributed by atoms with Gasteiger partial charge < -0.3 is 19.4 Å². The molecule has 30 heavy (non-hydrogen) atoms. The highest BCUT2D eigenvalue weighted by molar-refractivity contribution is 5.99. The molecule has 1 saturated carbocycles. The van der Waals surface area contributed by atoms with Crippen LogP contribution in [0.2, 0.25) is 0 Å². The Morgan fingerprint density at radius 1 is 1.03 bits per heavy atom. The molecule has 1 aromatic heterocycles. The van der Waals surface area contributed by atoms with Gasteiger partial charge in [-0.3, -0.25) is 0 Å². The first kappa shape index (κ1) is 21.0. The summed E-state index contributed by atoms with van der Waals surface area (Å²) in [7, 11) is 3.96. The van der Waals surface area contributed by atoms with E-state index in [1.807, 2.05) is 6.92 Å². The summed E-state index contributed by atoms with van der Waals surface area (Å²) < 4.78 is 13.8. The normalized spacial score (nSPS) is 15.0. The van der Waals surface area contributed by atoms with Gasteiger partial charge in [-0.05, 0) is 43.0 Å². The second-order valence-corrected chi connectivity index (χ2v) is 8.34. The van der Waals surface area contributed by atoms with Crippen molar-refractivity contribution in [3.8, 4) is 11.3 Å². The Morgan fingerprint density at radius 2 is 1.80 bits per heavy atom. The number of hydrogen-bond acceptors (Lipinski definition) is 3. The molecule has 0 saturated heterocycles. The number of benzene rings is 2. The summed E-state index contributed by atoms with van der Waals surface area (Å²) in [6, 6.07) is 15.8. The Hall–Kier alpha value is -2.30. The lowest BCUT2D eigenvalue weighted by Crippen LogP contribution is -2.22. The van der Waals surface area contributed by atoms with Crippen molar-refractivity contribution in [3.63, 3.8) is 0 Å². The average molecular weight is 407 g/mol. The molecule has 0 spiro atoms. The minimum Gasteiger partial charge on any atom is -0.381 e. The number of hydrogen-bond donors (Lipinski definition) is 1. The van der Waals surface area contributed by atoms with Crippen LogP contribution < -0.4 is 5.32 Å². The fourth-order valence-electron chi connectivity index (χ4n) is 4.86. The lowest BCUT2D eigenvalue weighted by atomic mass is 9.95. The van der Waals surface area contributed by atoms with Crippen LogP contribution in [0.15, 0.2) is 42.5 Å². The summed E-state index contributed by atoms with van der Waals surface area (Å²) >= 11 is 0. The number of nitrogens with zero attached hydrogens (tertiary/aromatic N) is 1. The second kappa shape index (κ2) is 9.67. The highest BCUT2D eigenvalue weighted by atomic mass is 16.5. The smallest absolute Gasteiger partial charge is 0.0740 e. The van der Waals surface area contributed by atoms with Crippen LogP contribution in [-0.2, 0) is 29.7 Å². The van der Waals surface area contributed by atoms with E-state index in [9.17, 15) is 0 Å². The Labute approximate surface area is 180 Å². The van der Waals surface area contributed by atoms with E-state index in [1.165, 1.54) is 71.1 Å². The van der Waals surface area contributed by atoms with E-state index >= 15 is 0 Å². The summed E-state index contributed by atoms with van der Waals surface area (Å²) in [5.74, 6) is 0. The molecule has 0 radical (unpaired) electrons. The van der Waals surface area contributed by atoms with Gasteiger partial charge in [0.05, 0.1) is 30.1 Å². The molecule has 1 aliphatic rings. The van der Waals surface area contributed by atoms with E-state index in [2.05, 4.69) is 59.4 Å². The zero-order valence-corrected chi connectivity index (χ0v) is 18.5. The molecule has 0 amide bonds. The van der Waals surface area contributed by atoms with Gasteiger partial charge in [-0.2, -0.15) is 0 Å². The van der Waals surface area contributed by atoms with Gasteiger partial charge >= 0.3 is 0 Å². The summed E-state index contributed by atoms with van der Waals surface area (Å²) in [6.07, 6.45) is 6.49. The third-order valence-corrected chi connectivity index (χ3v) is 6.23. The standard InChI is InChI=1S/C26H34N2O2/c1-4-30-17-19-15-22-23(18-29-3)25(20-11-7-5-8-12-20)28(2)26(22)24(16-19)27-21-13-9-6-10-14-21/h5,7-8,11-12,15-16,21,27H,4,6,9-10,13-14,17-18H2,1-3H3. The number of nitrogens with one attached hydrogen (secondary N) is 1. The van der Waals surface area contributed by atoms with Crippen LogP contribution in [-0.4, -0.2) is 24.3 Å².